The van der Waals surface area contributed by atoms with Crippen molar-refractivity contribution in [2.75, 3.05) is 6.61 Å². The molecule has 0 atom stereocenters. The third kappa shape index (κ3) is 5.45. The SMILES string of the molecule is CC/C=C(/CC)COC(=O)O. The third-order valence-electron chi connectivity index (χ3n) is 1.33. The van der Waals surface area contributed by atoms with Crippen LogP contribution in [-0.2, 0) is 4.74 Å². The van der Waals surface area contributed by atoms with Crippen molar-refractivity contribution in [2.24, 2.45) is 0 Å². The normalized spacial score (nSPS) is 11.3. The standard InChI is InChI=1S/C8H14O3/c1-3-5-7(4-2)6-11-8(9)10/h5H,3-4,6H2,1-2H3,(H,9,10)/b7-5-. The number of carboxylic acid groups (broad SMARTS) is 1. The summed E-state index contributed by atoms with van der Waals surface area (Å²) < 4.78 is 4.40. The minimum atomic E-state index is -1.21. The second-order valence-electron chi connectivity index (χ2n) is 2.18. The van der Waals surface area contributed by atoms with Crippen LogP contribution in [0, 0.1) is 0 Å². The lowest BCUT2D eigenvalue weighted by Gasteiger charge is -2.02. The number of carbonyl (C=O) groups is 1. The predicted molar refractivity (Wildman–Crippen MR) is 42.6 cm³/mol. The van der Waals surface area contributed by atoms with Crippen molar-refractivity contribution >= 4 is 6.16 Å². The highest BCUT2D eigenvalue weighted by molar-refractivity contribution is 5.57. The maximum Gasteiger partial charge on any atom is 0.506 e. The van der Waals surface area contributed by atoms with E-state index in [0.29, 0.717) is 0 Å². The Kier molecular flexibility index (Phi) is 5.25. The Labute approximate surface area is 66.7 Å². The molecule has 0 rings (SSSR count). The molecule has 0 aliphatic rings. The molecule has 11 heavy (non-hydrogen) atoms. The van der Waals surface area contributed by atoms with Gasteiger partial charge in [-0.25, -0.2) is 4.79 Å². The topological polar surface area (TPSA) is 46.5 Å². The second kappa shape index (κ2) is 5.77. The van der Waals surface area contributed by atoms with Gasteiger partial charge in [0.25, 0.3) is 0 Å². The Balaban J connectivity index is 3.69. The first-order chi connectivity index (χ1) is 5.20. The lowest BCUT2D eigenvalue weighted by atomic mass is 10.2. The van der Waals surface area contributed by atoms with Crippen LogP contribution in [0.25, 0.3) is 0 Å². The van der Waals surface area contributed by atoms with Crippen molar-refractivity contribution in [1.82, 2.24) is 0 Å². The molecular weight excluding hydrogens is 144 g/mol. The predicted octanol–water partition coefficient (Wildman–Crippen LogP) is 2.43. The summed E-state index contributed by atoms with van der Waals surface area (Å²) >= 11 is 0. The average Bonchev–Trinajstić information content (AvgIpc) is 1.97. The van der Waals surface area contributed by atoms with Crippen LogP contribution in [0.2, 0.25) is 0 Å². The molecule has 3 heteroatoms. The zero-order chi connectivity index (χ0) is 8.69. The van der Waals surface area contributed by atoms with Crippen molar-refractivity contribution in [3.05, 3.63) is 11.6 Å². The molecule has 0 saturated heterocycles. The number of rotatable bonds is 4. The van der Waals surface area contributed by atoms with E-state index >= 15 is 0 Å². The Hall–Kier alpha value is -0.990. The monoisotopic (exact) mass is 158 g/mol. The molecule has 0 bridgehead atoms. The average molecular weight is 158 g/mol. The van der Waals surface area contributed by atoms with Gasteiger partial charge in [-0.15, -0.1) is 0 Å². The van der Waals surface area contributed by atoms with Crippen LogP contribution in [0.4, 0.5) is 4.79 Å². The molecule has 0 saturated carbocycles. The largest absolute Gasteiger partial charge is 0.506 e. The van der Waals surface area contributed by atoms with Crippen LogP contribution in [-0.4, -0.2) is 17.9 Å². The zero-order valence-corrected chi connectivity index (χ0v) is 6.96. The molecular formula is C8H14O3. The van der Waals surface area contributed by atoms with Crippen LogP contribution in [0.5, 0.6) is 0 Å². The summed E-state index contributed by atoms with van der Waals surface area (Å²) in [6.07, 6.45) is 2.55. The Morgan fingerprint density at radius 1 is 1.55 bits per heavy atom. The van der Waals surface area contributed by atoms with Crippen molar-refractivity contribution in [2.45, 2.75) is 26.7 Å². The third-order valence-corrected chi connectivity index (χ3v) is 1.33. The van der Waals surface area contributed by atoms with Crippen molar-refractivity contribution in [3.8, 4) is 0 Å². The smallest absolute Gasteiger partial charge is 0.450 e. The van der Waals surface area contributed by atoms with Gasteiger partial charge in [-0.3, -0.25) is 0 Å². The molecule has 1 N–H and O–H groups in total. The Morgan fingerprint density at radius 3 is 2.55 bits per heavy atom. The fraction of sp³-hybridized carbons (Fsp3) is 0.625. The molecule has 0 amide bonds. The van der Waals surface area contributed by atoms with E-state index in [0.717, 1.165) is 18.4 Å². The van der Waals surface area contributed by atoms with E-state index in [1.54, 1.807) is 0 Å². The first-order valence-corrected chi connectivity index (χ1v) is 3.74. The molecule has 0 aromatic heterocycles. The van der Waals surface area contributed by atoms with Gasteiger partial charge in [0.1, 0.15) is 6.61 Å². The minimum absolute atomic E-state index is 0.208. The number of ether oxygens (including phenoxy) is 1. The molecule has 0 unspecified atom stereocenters. The molecule has 0 aliphatic heterocycles. The van der Waals surface area contributed by atoms with Crippen LogP contribution < -0.4 is 0 Å². The van der Waals surface area contributed by atoms with Gasteiger partial charge in [0, 0.05) is 0 Å². The van der Waals surface area contributed by atoms with Gasteiger partial charge in [-0.2, -0.15) is 0 Å². The number of hydrogen-bond acceptors (Lipinski definition) is 2. The van der Waals surface area contributed by atoms with E-state index in [1.807, 2.05) is 19.9 Å². The van der Waals surface area contributed by atoms with Crippen LogP contribution >= 0.6 is 0 Å². The molecule has 64 valence electrons. The molecule has 0 radical (unpaired) electrons. The zero-order valence-electron chi connectivity index (χ0n) is 6.96. The second-order valence-corrected chi connectivity index (χ2v) is 2.18. The summed E-state index contributed by atoms with van der Waals surface area (Å²) in [6.45, 7) is 4.20. The van der Waals surface area contributed by atoms with Crippen LogP contribution in [0.15, 0.2) is 11.6 Å². The highest BCUT2D eigenvalue weighted by Crippen LogP contribution is 2.02. The molecule has 0 fully saturated rings. The van der Waals surface area contributed by atoms with E-state index in [-0.39, 0.29) is 6.61 Å². The highest BCUT2D eigenvalue weighted by Gasteiger charge is 1.98. The molecule has 0 spiro atoms. The van der Waals surface area contributed by atoms with Crippen molar-refractivity contribution in [3.63, 3.8) is 0 Å². The van der Waals surface area contributed by atoms with E-state index < -0.39 is 6.16 Å². The highest BCUT2D eigenvalue weighted by atomic mass is 16.7. The van der Waals surface area contributed by atoms with E-state index in [4.69, 9.17) is 5.11 Å². The van der Waals surface area contributed by atoms with E-state index in [1.165, 1.54) is 0 Å². The molecule has 0 aromatic carbocycles. The number of allylic oxidation sites excluding steroid dienone is 1. The summed E-state index contributed by atoms with van der Waals surface area (Å²) in [6, 6.07) is 0. The Morgan fingerprint density at radius 2 is 2.18 bits per heavy atom. The van der Waals surface area contributed by atoms with Gasteiger partial charge in [0.2, 0.25) is 0 Å². The first-order valence-electron chi connectivity index (χ1n) is 3.74. The summed E-state index contributed by atoms with van der Waals surface area (Å²) in [5.74, 6) is 0. The molecule has 3 nitrogen and oxygen atoms in total. The van der Waals surface area contributed by atoms with Gasteiger partial charge >= 0.3 is 6.16 Å². The van der Waals surface area contributed by atoms with Gasteiger partial charge in [0.15, 0.2) is 0 Å². The maximum atomic E-state index is 9.97. The van der Waals surface area contributed by atoms with Crippen molar-refractivity contribution < 1.29 is 14.6 Å². The van der Waals surface area contributed by atoms with E-state index in [9.17, 15) is 4.79 Å². The summed E-state index contributed by atoms with van der Waals surface area (Å²) in [7, 11) is 0. The fourth-order valence-electron chi connectivity index (χ4n) is 0.748. The Bertz CT molecular complexity index is 149. The molecule has 0 aromatic rings. The summed E-state index contributed by atoms with van der Waals surface area (Å²) in [5.41, 5.74) is 1.04. The quantitative estimate of drug-likeness (QED) is 0.505. The van der Waals surface area contributed by atoms with Crippen LogP contribution in [0.3, 0.4) is 0 Å². The fourth-order valence-corrected chi connectivity index (χ4v) is 0.748. The summed E-state index contributed by atoms with van der Waals surface area (Å²) in [4.78, 5) is 9.97. The van der Waals surface area contributed by atoms with Crippen LogP contribution in [0.1, 0.15) is 26.7 Å². The first kappa shape index (κ1) is 10.0. The van der Waals surface area contributed by atoms with Gasteiger partial charge < -0.3 is 9.84 Å². The van der Waals surface area contributed by atoms with Gasteiger partial charge in [-0.05, 0) is 18.4 Å². The lowest BCUT2D eigenvalue weighted by Crippen LogP contribution is -2.03. The molecule has 0 aliphatic carbocycles. The van der Waals surface area contributed by atoms with E-state index in [2.05, 4.69) is 4.74 Å². The maximum absolute atomic E-state index is 9.97. The van der Waals surface area contributed by atoms with Gasteiger partial charge in [-0.1, -0.05) is 19.9 Å². The summed E-state index contributed by atoms with van der Waals surface area (Å²) in [5, 5.41) is 8.18. The number of hydrogen-bond donors (Lipinski definition) is 1. The lowest BCUT2D eigenvalue weighted by molar-refractivity contribution is 0.0991. The van der Waals surface area contributed by atoms with Gasteiger partial charge in [0.05, 0.1) is 0 Å². The van der Waals surface area contributed by atoms with Crippen molar-refractivity contribution in [1.29, 1.82) is 0 Å². The minimum Gasteiger partial charge on any atom is -0.450 e. The molecule has 0 heterocycles.